The number of rotatable bonds is 2. The Balaban J connectivity index is 2.19. The van der Waals surface area contributed by atoms with Crippen LogP contribution in [-0.2, 0) is 0 Å². The molecular weight excluding hydrogens is 252 g/mol. The van der Waals surface area contributed by atoms with Gasteiger partial charge in [-0.1, -0.05) is 11.8 Å². The summed E-state index contributed by atoms with van der Waals surface area (Å²) in [6.45, 7) is 5.03. The monoisotopic (exact) mass is 272 g/mol. The van der Waals surface area contributed by atoms with Gasteiger partial charge in [0.15, 0.2) is 0 Å². The number of aliphatic hydroxyl groups excluding tert-OH is 1. The number of likely N-dealkylation sites (tertiary alicyclic amines) is 1. The molecule has 1 fully saturated rings. The maximum atomic E-state index is 12.5. The van der Waals surface area contributed by atoms with Gasteiger partial charge in [-0.25, -0.2) is 0 Å². The number of aliphatic hydroxyl groups is 1. The molecule has 0 aromatic carbocycles. The third kappa shape index (κ3) is 3.17. The molecule has 1 N–H and O–H groups in total. The second-order valence-electron chi connectivity index (χ2n) is 5.61. The largest absolute Gasteiger partial charge is 0.395 e. The molecular formula is C16H20N2O2. The average molecular weight is 272 g/mol. The van der Waals surface area contributed by atoms with Crippen molar-refractivity contribution in [3.05, 3.63) is 29.6 Å². The standard InChI is InChI=1S/C16H20N2O2/c1-16(2)7-5-8-18(16)15(20)14-10-13(11-17-12-14)6-3-4-9-19/h10-12,19H,4-5,7-9H2,1-2H3. The first kappa shape index (κ1) is 14.5. The molecule has 0 saturated carbocycles. The molecule has 0 radical (unpaired) electrons. The van der Waals surface area contributed by atoms with E-state index in [1.54, 1.807) is 18.5 Å². The van der Waals surface area contributed by atoms with Crippen molar-refractivity contribution in [1.82, 2.24) is 9.88 Å². The van der Waals surface area contributed by atoms with Gasteiger partial charge >= 0.3 is 0 Å². The normalized spacial score (nSPS) is 16.6. The summed E-state index contributed by atoms with van der Waals surface area (Å²) < 4.78 is 0. The Morgan fingerprint density at radius 2 is 2.30 bits per heavy atom. The summed E-state index contributed by atoms with van der Waals surface area (Å²) >= 11 is 0. The van der Waals surface area contributed by atoms with E-state index in [0.717, 1.165) is 19.4 Å². The van der Waals surface area contributed by atoms with Gasteiger partial charge in [0.05, 0.1) is 12.2 Å². The topological polar surface area (TPSA) is 53.4 Å². The predicted molar refractivity (Wildman–Crippen MR) is 77.2 cm³/mol. The molecule has 20 heavy (non-hydrogen) atoms. The molecule has 1 amide bonds. The second kappa shape index (κ2) is 6.06. The van der Waals surface area contributed by atoms with Crippen molar-refractivity contribution in [3.8, 4) is 11.8 Å². The van der Waals surface area contributed by atoms with E-state index in [9.17, 15) is 4.79 Å². The van der Waals surface area contributed by atoms with E-state index in [4.69, 9.17) is 5.11 Å². The van der Waals surface area contributed by atoms with Crippen LogP contribution in [0.15, 0.2) is 18.5 Å². The fourth-order valence-electron chi connectivity index (χ4n) is 2.49. The minimum Gasteiger partial charge on any atom is -0.395 e. The van der Waals surface area contributed by atoms with Crippen molar-refractivity contribution in [2.75, 3.05) is 13.2 Å². The molecule has 4 nitrogen and oxygen atoms in total. The molecule has 1 aliphatic rings. The van der Waals surface area contributed by atoms with Crippen molar-refractivity contribution in [3.63, 3.8) is 0 Å². The molecule has 0 bridgehead atoms. The number of carbonyl (C=O) groups excluding carboxylic acids is 1. The van der Waals surface area contributed by atoms with E-state index in [1.807, 2.05) is 4.90 Å². The Bertz CT molecular complexity index is 555. The van der Waals surface area contributed by atoms with E-state index in [2.05, 4.69) is 30.7 Å². The lowest BCUT2D eigenvalue weighted by atomic mass is 10.0. The van der Waals surface area contributed by atoms with Crippen LogP contribution in [0.2, 0.25) is 0 Å². The van der Waals surface area contributed by atoms with Crippen LogP contribution in [0.1, 0.15) is 49.0 Å². The SMILES string of the molecule is CC1(C)CCCN1C(=O)c1cncc(C#CCCO)c1. The zero-order chi connectivity index (χ0) is 14.6. The number of carbonyl (C=O) groups is 1. The number of aromatic nitrogens is 1. The van der Waals surface area contributed by atoms with Crippen molar-refractivity contribution < 1.29 is 9.90 Å². The zero-order valence-electron chi connectivity index (χ0n) is 12.0. The van der Waals surface area contributed by atoms with Crippen LogP contribution in [0.3, 0.4) is 0 Å². The van der Waals surface area contributed by atoms with Crippen LogP contribution in [0.5, 0.6) is 0 Å². The fraction of sp³-hybridized carbons (Fsp3) is 0.500. The molecule has 0 unspecified atom stereocenters. The van der Waals surface area contributed by atoms with E-state index in [0.29, 0.717) is 17.5 Å². The Morgan fingerprint density at radius 3 is 2.95 bits per heavy atom. The summed E-state index contributed by atoms with van der Waals surface area (Å²) in [6, 6.07) is 1.77. The van der Waals surface area contributed by atoms with E-state index in [1.165, 1.54) is 0 Å². The molecule has 2 rings (SSSR count). The van der Waals surface area contributed by atoms with Gasteiger partial charge in [0, 0.05) is 36.5 Å². The number of nitrogens with zero attached hydrogens (tertiary/aromatic N) is 2. The summed E-state index contributed by atoms with van der Waals surface area (Å²) in [6.07, 6.45) is 5.73. The molecule has 4 heteroatoms. The molecule has 1 aromatic heterocycles. The van der Waals surface area contributed by atoms with Crippen molar-refractivity contribution in [2.24, 2.45) is 0 Å². The predicted octanol–water partition coefficient (Wildman–Crippen LogP) is 1.83. The Kier molecular flexibility index (Phi) is 4.41. The van der Waals surface area contributed by atoms with E-state index >= 15 is 0 Å². The summed E-state index contributed by atoms with van der Waals surface area (Å²) in [7, 11) is 0. The lowest BCUT2D eigenvalue weighted by Crippen LogP contribution is -2.42. The third-order valence-corrected chi connectivity index (χ3v) is 3.60. The lowest BCUT2D eigenvalue weighted by Gasteiger charge is -2.31. The second-order valence-corrected chi connectivity index (χ2v) is 5.61. The maximum Gasteiger partial charge on any atom is 0.255 e. The van der Waals surface area contributed by atoms with Crippen molar-refractivity contribution >= 4 is 5.91 Å². The number of pyridine rings is 1. The van der Waals surface area contributed by atoms with Crippen molar-refractivity contribution in [2.45, 2.75) is 38.6 Å². The molecule has 2 heterocycles. The van der Waals surface area contributed by atoms with Gasteiger partial charge in [-0.2, -0.15) is 0 Å². The quantitative estimate of drug-likeness (QED) is 0.836. The molecule has 1 saturated heterocycles. The van der Waals surface area contributed by atoms with E-state index < -0.39 is 0 Å². The highest BCUT2D eigenvalue weighted by Gasteiger charge is 2.35. The van der Waals surface area contributed by atoms with Crippen LogP contribution in [0.4, 0.5) is 0 Å². The number of amides is 1. The highest BCUT2D eigenvalue weighted by atomic mass is 16.2. The first-order valence-corrected chi connectivity index (χ1v) is 6.91. The van der Waals surface area contributed by atoms with Crippen LogP contribution >= 0.6 is 0 Å². The summed E-state index contributed by atoms with van der Waals surface area (Å²) in [5.74, 6) is 5.77. The van der Waals surface area contributed by atoms with Gasteiger partial charge in [-0.05, 0) is 32.8 Å². The first-order valence-electron chi connectivity index (χ1n) is 6.91. The molecule has 0 aliphatic carbocycles. The van der Waals surface area contributed by atoms with Gasteiger partial charge in [0.1, 0.15) is 0 Å². The smallest absolute Gasteiger partial charge is 0.255 e. The van der Waals surface area contributed by atoms with Crippen LogP contribution in [0, 0.1) is 11.8 Å². The molecule has 1 aromatic rings. The Labute approximate surface area is 119 Å². The minimum atomic E-state index is -0.0876. The highest BCUT2D eigenvalue weighted by molar-refractivity contribution is 5.94. The summed E-state index contributed by atoms with van der Waals surface area (Å²) in [5, 5.41) is 8.71. The average Bonchev–Trinajstić information content (AvgIpc) is 2.78. The molecule has 1 aliphatic heterocycles. The Hall–Kier alpha value is -1.86. The van der Waals surface area contributed by atoms with Gasteiger partial charge in [-0.3, -0.25) is 9.78 Å². The molecule has 0 atom stereocenters. The van der Waals surface area contributed by atoms with Crippen LogP contribution in [-0.4, -0.2) is 39.6 Å². The van der Waals surface area contributed by atoms with Gasteiger partial charge < -0.3 is 10.0 Å². The summed E-state index contributed by atoms with van der Waals surface area (Å²) in [5.41, 5.74) is 1.20. The van der Waals surface area contributed by atoms with Crippen molar-refractivity contribution in [1.29, 1.82) is 0 Å². The van der Waals surface area contributed by atoms with Crippen LogP contribution < -0.4 is 0 Å². The minimum absolute atomic E-state index is 0.0193. The lowest BCUT2D eigenvalue weighted by molar-refractivity contribution is 0.0651. The summed E-state index contributed by atoms with van der Waals surface area (Å²) in [4.78, 5) is 18.5. The van der Waals surface area contributed by atoms with E-state index in [-0.39, 0.29) is 18.1 Å². The first-order chi connectivity index (χ1) is 9.54. The number of hydrogen-bond acceptors (Lipinski definition) is 3. The van der Waals surface area contributed by atoms with Gasteiger partial charge in [0.25, 0.3) is 5.91 Å². The number of hydrogen-bond donors (Lipinski definition) is 1. The maximum absolute atomic E-state index is 12.5. The zero-order valence-corrected chi connectivity index (χ0v) is 12.0. The third-order valence-electron chi connectivity index (χ3n) is 3.60. The Morgan fingerprint density at radius 1 is 1.50 bits per heavy atom. The fourth-order valence-corrected chi connectivity index (χ4v) is 2.49. The highest BCUT2D eigenvalue weighted by Crippen LogP contribution is 2.29. The van der Waals surface area contributed by atoms with Gasteiger partial charge in [0.2, 0.25) is 0 Å². The van der Waals surface area contributed by atoms with Crippen LogP contribution in [0.25, 0.3) is 0 Å². The molecule has 0 spiro atoms. The van der Waals surface area contributed by atoms with Gasteiger partial charge in [-0.15, -0.1) is 0 Å². The molecule has 106 valence electrons.